The van der Waals surface area contributed by atoms with E-state index < -0.39 is 16.1 Å². The van der Waals surface area contributed by atoms with Crippen LogP contribution < -0.4 is 23.8 Å². The van der Waals surface area contributed by atoms with Crippen molar-refractivity contribution in [2.45, 2.75) is 26.3 Å². The van der Waals surface area contributed by atoms with Gasteiger partial charge >= 0.3 is 10.2 Å². The van der Waals surface area contributed by atoms with Crippen molar-refractivity contribution in [1.29, 1.82) is 0 Å². The molecule has 0 bridgehead atoms. The summed E-state index contributed by atoms with van der Waals surface area (Å²) in [4.78, 5) is 12.9. The van der Waals surface area contributed by atoms with Gasteiger partial charge in [-0.15, -0.1) is 0 Å². The van der Waals surface area contributed by atoms with E-state index in [1.165, 1.54) is 8.61 Å². The molecule has 0 spiro atoms. The molecule has 10 heteroatoms. The molecule has 1 aliphatic heterocycles. The molecule has 2 aromatic carbocycles. The van der Waals surface area contributed by atoms with Gasteiger partial charge in [0.05, 0.1) is 32.9 Å². The van der Waals surface area contributed by atoms with Crippen LogP contribution in [0.3, 0.4) is 0 Å². The third-order valence-electron chi connectivity index (χ3n) is 5.94. The molecule has 1 heterocycles. The van der Waals surface area contributed by atoms with Crippen LogP contribution >= 0.6 is 0 Å². The summed E-state index contributed by atoms with van der Waals surface area (Å²) in [5.41, 5.74) is 1.34. The molecule has 1 atom stereocenters. The number of carbonyl (C=O) groups is 1. The largest absolute Gasteiger partial charge is 0.497 e. The fraction of sp³-hybridized carbons (Fsp3) is 0.458. The molecule has 3 rings (SSSR count). The number of para-hydroxylation sites is 1. The van der Waals surface area contributed by atoms with Gasteiger partial charge in [0.2, 0.25) is 5.91 Å². The predicted octanol–water partition coefficient (Wildman–Crippen LogP) is 2.81. The van der Waals surface area contributed by atoms with Gasteiger partial charge in [0.15, 0.2) is 11.5 Å². The van der Waals surface area contributed by atoms with Crippen LogP contribution in [0.4, 0.5) is 5.69 Å². The van der Waals surface area contributed by atoms with Gasteiger partial charge in [-0.3, -0.25) is 9.10 Å². The van der Waals surface area contributed by atoms with Gasteiger partial charge < -0.3 is 19.5 Å². The molecule has 0 unspecified atom stereocenters. The summed E-state index contributed by atoms with van der Waals surface area (Å²) in [6.45, 7) is 2.84. The summed E-state index contributed by atoms with van der Waals surface area (Å²) in [5, 5.41) is 2.93. The average molecular weight is 492 g/mol. The van der Waals surface area contributed by atoms with Gasteiger partial charge in [-0.25, -0.2) is 0 Å². The van der Waals surface area contributed by atoms with E-state index in [9.17, 15) is 13.2 Å². The third kappa shape index (κ3) is 5.56. The number of nitrogens with zero attached hydrogens (tertiary/aromatic N) is 2. The molecule has 0 saturated carbocycles. The number of hydrogen-bond donors (Lipinski definition) is 1. The van der Waals surface area contributed by atoms with Crippen LogP contribution in [-0.4, -0.2) is 59.6 Å². The molecule has 1 fully saturated rings. The van der Waals surface area contributed by atoms with E-state index in [1.54, 1.807) is 58.6 Å². The maximum Gasteiger partial charge on any atom is 0.304 e. The summed E-state index contributed by atoms with van der Waals surface area (Å²) in [7, 11) is 0.881. The first-order valence-electron chi connectivity index (χ1n) is 11.2. The van der Waals surface area contributed by atoms with Crippen LogP contribution in [0.25, 0.3) is 0 Å². The highest BCUT2D eigenvalue weighted by Crippen LogP contribution is 2.31. The highest BCUT2D eigenvalue weighted by Gasteiger charge is 2.35. The van der Waals surface area contributed by atoms with Gasteiger partial charge in [0, 0.05) is 31.7 Å². The molecule has 0 aromatic heterocycles. The van der Waals surface area contributed by atoms with E-state index in [4.69, 9.17) is 14.2 Å². The minimum atomic E-state index is -3.79. The lowest BCUT2D eigenvalue weighted by atomic mass is 9.98. The van der Waals surface area contributed by atoms with Gasteiger partial charge in [-0.2, -0.15) is 12.7 Å². The van der Waals surface area contributed by atoms with Crippen LogP contribution in [0.1, 0.15) is 25.3 Å². The van der Waals surface area contributed by atoms with E-state index in [0.29, 0.717) is 42.3 Å². The summed E-state index contributed by atoms with van der Waals surface area (Å²) >= 11 is 0. The van der Waals surface area contributed by atoms with E-state index in [2.05, 4.69) is 5.32 Å². The maximum atomic E-state index is 13.4. The van der Waals surface area contributed by atoms with E-state index in [-0.39, 0.29) is 25.5 Å². The number of ether oxygens (including phenoxy) is 3. The molecule has 0 radical (unpaired) electrons. The zero-order chi connectivity index (χ0) is 24.7. The molecular formula is C24H33N3O6S. The molecule has 34 heavy (non-hydrogen) atoms. The number of amides is 1. The van der Waals surface area contributed by atoms with Crippen LogP contribution in [-0.2, 0) is 21.5 Å². The van der Waals surface area contributed by atoms with Crippen molar-refractivity contribution in [2.75, 3.05) is 45.3 Å². The number of hydrogen-bond acceptors (Lipinski definition) is 6. The fourth-order valence-corrected chi connectivity index (χ4v) is 5.87. The number of benzene rings is 2. The molecule has 1 saturated heterocycles. The Hall–Kier alpha value is -2.98. The summed E-state index contributed by atoms with van der Waals surface area (Å²) in [6, 6.07) is 12.4. The standard InChI is InChI=1S/C24H33N3O6S/c1-5-27(20-11-13-21(31-2)14-12-20)34(29,30)26-15-7-9-19(17-26)24(28)25-16-18-8-6-10-22(32-3)23(18)33-4/h6,8,10-14,19H,5,7,9,15-17H2,1-4H3,(H,25,28)/t19-/m1/s1. The minimum Gasteiger partial charge on any atom is -0.497 e. The Kier molecular flexibility index (Phi) is 8.62. The molecule has 1 aliphatic rings. The predicted molar refractivity (Wildman–Crippen MR) is 131 cm³/mol. The topological polar surface area (TPSA) is 97.4 Å². The van der Waals surface area contributed by atoms with Gasteiger partial charge in [-0.1, -0.05) is 12.1 Å². The fourth-order valence-electron chi connectivity index (χ4n) is 4.15. The summed E-state index contributed by atoms with van der Waals surface area (Å²) in [6.07, 6.45) is 1.24. The summed E-state index contributed by atoms with van der Waals surface area (Å²) in [5.74, 6) is 1.19. The van der Waals surface area contributed by atoms with Crippen LogP contribution in [0.2, 0.25) is 0 Å². The second-order valence-electron chi connectivity index (χ2n) is 7.94. The molecule has 1 amide bonds. The Bertz CT molecular complexity index is 1070. The first kappa shape index (κ1) is 25.6. The van der Waals surface area contributed by atoms with Gasteiger partial charge in [0.1, 0.15) is 5.75 Å². The lowest BCUT2D eigenvalue weighted by molar-refractivity contribution is -0.126. The van der Waals surface area contributed by atoms with Crippen molar-refractivity contribution in [3.05, 3.63) is 48.0 Å². The number of methoxy groups -OCH3 is 3. The lowest BCUT2D eigenvalue weighted by Crippen LogP contribution is -2.50. The SMILES string of the molecule is CCN(c1ccc(OC)cc1)S(=O)(=O)N1CCC[C@@H](C(=O)NCc2cccc(OC)c2OC)C1. The van der Waals surface area contributed by atoms with Crippen molar-refractivity contribution in [1.82, 2.24) is 9.62 Å². The number of carbonyl (C=O) groups excluding carboxylic acids is 1. The van der Waals surface area contributed by atoms with Crippen molar-refractivity contribution in [3.8, 4) is 17.2 Å². The van der Waals surface area contributed by atoms with Crippen LogP contribution in [0, 0.1) is 5.92 Å². The molecular weight excluding hydrogens is 458 g/mol. The first-order chi connectivity index (χ1) is 16.3. The Morgan fingerprint density at radius 2 is 1.82 bits per heavy atom. The third-order valence-corrected chi connectivity index (χ3v) is 7.96. The monoisotopic (exact) mass is 491 g/mol. The Morgan fingerprint density at radius 3 is 2.44 bits per heavy atom. The molecule has 186 valence electrons. The van der Waals surface area contributed by atoms with Crippen molar-refractivity contribution < 1.29 is 27.4 Å². The highest BCUT2D eigenvalue weighted by atomic mass is 32.2. The highest BCUT2D eigenvalue weighted by molar-refractivity contribution is 7.90. The Labute approximate surface area is 201 Å². The van der Waals surface area contributed by atoms with Crippen LogP contribution in [0.5, 0.6) is 17.2 Å². The minimum absolute atomic E-state index is 0.135. The molecule has 0 aliphatic carbocycles. The van der Waals surface area contributed by atoms with E-state index in [1.807, 2.05) is 12.1 Å². The second kappa shape index (κ2) is 11.4. The molecule has 1 N–H and O–H groups in total. The molecule has 9 nitrogen and oxygen atoms in total. The normalized spacial score (nSPS) is 16.5. The number of nitrogens with one attached hydrogen (secondary N) is 1. The van der Waals surface area contributed by atoms with E-state index >= 15 is 0 Å². The Balaban J connectivity index is 1.69. The van der Waals surface area contributed by atoms with Crippen molar-refractivity contribution in [3.63, 3.8) is 0 Å². The summed E-state index contributed by atoms with van der Waals surface area (Å²) < 4.78 is 45.5. The smallest absolute Gasteiger partial charge is 0.304 e. The van der Waals surface area contributed by atoms with Crippen molar-refractivity contribution >= 4 is 21.8 Å². The Morgan fingerprint density at radius 1 is 1.09 bits per heavy atom. The van der Waals surface area contributed by atoms with Gasteiger partial charge in [-0.05, 0) is 50.1 Å². The first-order valence-corrected chi connectivity index (χ1v) is 12.6. The molecule has 2 aromatic rings. The van der Waals surface area contributed by atoms with Crippen molar-refractivity contribution in [2.24, 2.45) is 5.92 Å². The zero-order valence-electron chi connectivity index (χ0n) is 20.1. The van der Waals surface area contributed by atoms with E-state index in [0.717, 1.165) is 5.56 Å². The average Bonchev–Trinajstić information content (AvgIpc) is 2.87. The number of piperidine rings is 1. The second-order valence-corrected chi connectivity index (χ2v) is 9.79. The van der Waals surface area contributed by atoms with Crippen LogP contribution in [0.15, 0.2) is 42.5 Å². The lowest BCUT2D eigenvalue weighted by Gasteiger charge is -2.35. The maximum absolute atomic E-state index is 13.4. The zero-order valence-corrected chi connectivity index (χ0v) is 20.9. The number of anilines is 1. The van der Waals surface area contributed by atoms with Gasteiger partial charge in [0.25, 0.3) is 0 Å². The number of rotatable bonds is 10. The quantitative estimate of drug-likeness (QED) is 0.549.